The number of unbranched alkanes of at least 4 members (excludes halogenated alkanes) is 1. The van der Waals surface area contributed by atoms with Crippen LogP contribution in [0.2, 0.25) is 0 Å². The molecule has 1 fully saturated rings. The van der Waals surface area contributed by atoms with Crippen molar-refractivity contribution in [2.75, 3.05) is 26.2 Å². The zero-order chi connectivity index (χ0) is 14.8. The maximum absolute atomic E-state index is 12.6. The van der Waals surface area contributed by atoms with Crippen molar-refractivity contribution in [1.29, 1.82) is 0 Å². The van der Waals surface area contributed by atoms with Crippen LogP contribution in [0.25, 0.3) is 0 Å². The molecule has 20 heavy (non-hydrogen) atoms. The maximum atomic E-state index is 12.6. The molecule has 0 saturated carbocycles. The average Bonchev–Trinajstić information content (AvgIpc) is 2.94. The van der Waals surface area contributed by atoms with Gasteiger partial charge >= 0.3 is 6.03 Å². The van der Waals surface area contributed by atoms with Gasteiger partial charge in [0.15, 0.2) is 0 Å². The third kappa shape index (κ3) is 7.08. The Morgan fingerprint density at radius 1 is 1.30 bits per heavy atom. The number of hydrogen-bond acceptors (Lipinski definition) is 2. The molecule has 2 N–H and O–H groups in total. The Hall–Kier alpha value is -0.840. The van der Waals surface area contributed by atoms with E-state index in [0.29, 0.717) is 6.54 Å². The van der Waals surface area contributed by atoms with Gasteiger partial charge in [-0.25, -0.2) is 9.18 Å². The van der Waals surface area contributed by atoms with Crippen LogP contribution < -0.4 is 10.6 Å². The van der Waals surface area contributed by atoms with Crippen LogP contribution in [0.5, 0.6) is 0 Å². The fourth-order valence-corrected chi connectivity index (χ4v) is 2.51. The monoisotopic (exact) mass is 287 g/mol. The third-order valence-corrected chi connectivity index (χ3v) is 3.80. The van der Waals surface area contributed by atoms with Crippen LogP contribution in [0.15, 0.2) is 0 Å². The van der Waals surface area contributed by atoms with E-state index in [1.807, 2.05) is 4.90 Å². The van der Waals surface area contributed by atoms with Crippen molar-refractivity contribution in [3.63, 3.8) is 0 Å². The Kier molecular flexibility index (Phi) is 8.58. The molecule has 1 rings (SSSR count). The molecule has 0 radical (unpaired) electrons. The third-order valence-electron chi connectivity index (χ3n) is 3.80. The molecule has 2 atom stereocenters. The maximum Gasteiger partial charge on any atom is 0.317 e. The number of carbonyl (C=O) groups is 1. The van der Waals surface area contributed by atoms with Gasteiger partial charge in [0, 0.05) is 25.7 Å². The first kappa shape index (κ1) is 17.2. The number of rotatable bonds is 9. The van der Waals surface area contributed by atoms with Crippen molar-refractivity contribution in [3.05, 3.63) is 0 Å². The van der Waals surface area contributed by atoms with Crippen molar-refractivity contribution in [1.82, 2.24) is 15.5 Å². The molecule has 0 spiro atoms. The van der Waals surface area contributed by atoms with Gasteiger partial charge in [0.25, 0.3) is 0 Å². The lowest BCUT2D eigenvalue weighted by atomic mass is 10.1. The number of amides is 2. The van der Waals surface area contributed by atoms with Crippen LogP contribution >= 0.6 is 0 Å². The van der Waals surface area contributed by atoms with Crippen molar-refractivity contribution in [2.45, 2.75) is 64.6 Å². The van der Waals surface area contributed by atoms with Crippen LogP contribution in [-0.2, 0) is 0 Å². The first-order valence-electron chi connectivity index (χ1n) is 8.03. The van der Waals surface area contributed by atoms with E-state index in [2.05, 4.69) is 17.6 Å². The summed E-state index contributed by atoms with van der Waals surface area (Å²) in [6.07, 6.45) is 5.54. The van der Waals surface area contributed by atoms with E-state index < -0.39 is 6.17 Å². The highest BCUT2D eigenvalue weighted by Crippen LogP contribution is 2.09. The summed E-state index contributed by atoms with van der Waals surface area (Å²) in [5.74, 6) is 0. The second kappa shape index (κ2) is 9.97. The summed E-state index contributed by atoms with van der Waals surface area (Å²) < 4.78 is 12.6. The number of urea groups is 1. The minimum absolute atomic E-state index is 0.0960. The Morgan fingerprint density at radius 2 is 2.00 bits per heavy atom. The molecule has 118 valence electrons. The summed E-state index contributed by atoms with van der Waals surface area (Å²) in [6, 6.07) is 0.363. The SMILES string of the molecule is CCC(CCCCNCC(C)F)NC(=O)N1CCCC1. The van der Waals surface area contributed by atoms with Crippen molar-refractivity contribution in [3.8, 4) is 0 Å². The van der Waals surface area contributed by atoms with E-state index in [9.17, 15) is 9.18 Å². The Bertz CT molecular complexity index is 268. The predicted molar refractivity (Wildman–Crippen MR) is 80.7 cm³/mol. The number of alkyl halides is 1. The highest BCUT2D eigenvalue weighted by Gasteiger charge is 2.19. The fraction of sp³-hybridized carbons (Fsp3) is 0.933. The first-order chi connectivity index (χ1) is 9.63. The normalized spacial score (nSPS) is 18.1. The predicted octanol–water partition coefficient (Wildman–Crippen LogP) is 2.69. The summed E-state index contributed by atoms with van der Waals surface area (Å²) in [6.45, 7) is 6.75. The van der Waals surface area contributed by atoms with Gasteiger partial charge in [0.2, 0.25) is 0 Å². The summed E-state index contributed by atoms with van der Waals surface area (Å²) in [4.78, 5) is 13.9. The summed E-state index contributed by atoms with van der Waals surface area (Å²) in [7, 11) is 0. The van der Waals surface area contributed by atoms with E-state index >= 15 is 0 Å². The molecule has 0 aromatic heterocycles. The smallest absolute Gasteiger partial charge is 0.317 e. The van der Waals surface area contributed by atoms with Crippen LogP contribution in [0.1, 0.15) is 52.4 Å². The van der Waals surface area contributed by atoms with E-state index in [-0.39, 0.29) is 12.1 Å². The molecule has 0 bridgehead atoms. The van der Waals surface area contributed by atoms with Gasteiger partial charge in [-0.1, -0.05) is 13.3 Å². The lowest BCUT2D eigenvalue weighted by Gasteiger charge is -2.22. The van der Waals surface area contributed by atoms with Crippen LogP contribution in [0.3, 0.4) is 0 Å². The Morgan fingerprint density at radius 3 is 2.60 bits per heavy atom. The van der Waals surface area contributed by atoms with Gasteiger partial charge in [-0.15, -0.1) is 0 Å². The van der Waals surface area contributed by atoms with Crippen molar-refractivity contribution >= 4 is 6.03 Å². The lowest BCUT2D eigenvalue weighted by molar-refractivity contribution is 0.203. The van der Waals surface area contributed by atoms with Gasteiger partial charge in [0.1, 0.15) is 6.17 Å². The molecular weight excluding hydrogens is 257 g/mol. The average molecular weight is 287 g/mol. The van der Waals surface area contributed by atoms with E-state index in [4.69, 9.17) is 0 Å². The van der Waals surface area contributed by atoms with Gasteiger partial charge in [-0.3, -0.25) is 0 Å². The Balaban J connectivity index is 2.08. The topological polar surface area (TPSA) is 44.4 Å². The molecule has 1 heterocycles. The minimum Gasteiger partial charge on any atom is -0.335 e. The van der Waals surface area contributed by atoms with Gasteiger partial charge in [-0.05, 0) is 45.6 Å². The molecule has 1 aliphatic heterocycles. The molecule has 2 unspecified atom stereocenters. The minimum atomic E-state index is -0.780. The highest BCUT2D eigenvalue weighted by atomic mass is 19.1. The zero-order valence-electron chi connectivity index (χ0n) is 13.0. The largest absolute Gasteiger partial charge is 0.335 e. The molecule has 2 amide bonds. The number of halogens is 1. The highest BCUT2D eigenvalue weighted by molar-refractivity contribution is 5.74. The van der Waals surface area contributed by atoms with Crippen LogP contribution in [-0.4, -0.2) is 49.3 Å². The zero-order valence-corrected chi connectivity index (χ0v) is 13.0. The molecule has 1 saturated heterocycles. The summed E-state index contributed by atoms with van der Waals surface area (Å²) >= 11 is 0. The lowest BCUT2D eigenvalue weighted by Crippen LogP contribution is -2.43. The van der Waals surface area contributed by atoms with Gasteiger partial charge < -0.3 is 15.5 Å². The quantitative estimate of drug-likeness (QED) is 0.640. The molecule has 0 aromatic carbocycles. The summed E-state index contributed by atoms with van der Waals surface area (Å²) in [5, 5.41) is 6.22. The van der Waals surface area contributed by atoms with E-state index in [0.717, 1.165) is 58.2 Å². The van der Waals surface area contributed by atoms with Crippen molar-refractivity contribution < 1.29 is 9.18 Å². The number of carbonyl (C=O) groups excluding carboxylic acids is 1. The molecule has 4 nitrogen and oxygen atoms in total. The van der Waals surface area contributed by atoms with E-state index in [1.165, 1.54) is 0 Å². The number of nitrogens with zero attached hydrogens (tertiary/aromatic N) is 1. The number of likely N-dealkylation sites (tertiary alicyclic amines) is 1. The number of nitrogens with one attached hydrogen (secondary N) is 2. The van der Waals surface area contributed by atoms with Crippen LogP contribution in [0, 0.1) is 0 Å². The molecular formula is C15H30FN3O. The van der Waals surface area contributed by atoms with Gasteiger partial charge in [0.05, 0.1) is 0 Å². The summed E-state index contributed by atoms with van der Waals surface area (Å²) in [5.41, 5.74) is 0. The van der Waals surface area contributed by atoms with Crippen LogP contribution in [0.4, 0.5) is 9.18 Å². The number of hydrogen-bond donors (Lipinski definition) is 2. The van der Waals surface area contributed by atoms with Gasteiger partial charge in [-0.2, -0.15) is 0 Å². The fourth-order valence-electron chi connectivity index (χ4n) is 2.51. The second-order valence-electron chi connectivity index (χ2n) is 5.73. The molecule has 0 aromatic rings. The molecule has 1 aliphatic rings. The van der Waals surface area contributed by atoms with Crippen molar-refractivity contribution in [2.24, 2.45) is 0 Å². The standard InChI is InChI=1S/C15H30FN3O/c1-3-14(8-4-5-9-17-12-13(2)16)18-15(20)19-10-6-7-11-19/h13-14,17H,3-12H2,1-2H3,(H,18,20). The van der Waals surface area contributed by atoms with E-state index in [1.54, 1.807) is 6.92 Å². The molecule has 5 heteroatoms. The first-order valence-corrected chi connectivity index (χ1v) is 8.03. The Labute approximate surface area is 122 Å². The molecule has 0 aliphatic carbocycles. The second-order valence-corrected chi connectivity index (χ2v) is 5.73.